The summed E-state index contributed by atoms with van der Waals surface area (Å²) in [6, 6.07) is 2.59. The number of H-pyrrole nitrogens is 1. The molecule has 0 spiro atoms. The number of rotatable bonds is 8. The van der Waals surface area contributed by atoms with E-state index in [1.54, 1.807) is 0 Å². The number of anilines is 1. The first kappa shape index (κ1) is 27.9. The van der Waals surface area contributed by atoms with E-state index in [0.717, 1.165) is 63.8 Å². The number of hydrogen-bond acceptors (Lipinski definition) is 8. The summed E-state index contributed by atoms with van der Waals surface area (Å²) < 4.78 is 6.55. The molecular formula is C32H43N8OP. The van der Waals surface area contributed by atoms with E-state index >= 15 is 0 Å². The molecule has 2 saturated heterocycles. The number of nitrogens with one attached hydrogen (secondary N) is 2. The number of aromatic amines is 1. The van der Waals surface area contributed by atoms with Gasteiger partial charge in [-0.15, -0.1) is 9.24 Å². The average molecular weight is 587 g/mol. The fraction of sp³-hybridized carbons (Fsp3) is 0.562. The molecule has 1 aromatic carbocycles. The zero-order chi connectivity index (χ0) is 29.2. The second kappa shape index (κ2) is 10.4. The minimum Gasteiger partial charge on any atom is -0.461 e. The van der Waals surface area contributed by atoms with Gasteiger partial charge >= 0.3 is 6.01 Å². The Kier molecular flexibility index (Phi) is 6.91. The Morgan fingerprint density at radius 3 is 2.74 bits per heavy atom. The highest BCUT2D eigenvalue weighted by Gasteiger charge is 2.48. The molecule has 1 aliphatic carbocycles. The molecule has 7 rings (SSSR count). The largest absolute Gasteiger partial charge is 0.461 e. The predicted molar refractivity (Wildman–Crippen MR) is 173 cm³/mol. The van der Waals surface area contributed by atoms with E-state index in [1.165, 1.54) is 49.7 Å². The number of fused-ring (bicyclic) bond motifs is 3. The first-order chi connectivity index (χ1) is 20.2. The van der Waals surface area contributed by atoms with Crippen LogP contribution in [0.1, 0.15) is 56.6 Å². The smallest absolute Gasteiger partial charge is 0.319 e. The Morgan fingerprint density at radius 2 is 1.98 bits per heavy atom. The summed E-state index contributed by atoms with van der Waals surface area (Å²) in [6.45, 7) is 10.4. The number of benzene rings is 1. The monoisotopic (exact) mass is 586 g/mol. The molecule has 4 aromatic rings. The summed E-state index contributed by atoms with van der Waals surface area (Å²) >= 11 is 0. The number of hydrogen-bond donors (Lipinski definition) is 2. The van der Waals surface area contributed by atoms with Gasteiger partial charge in [-0.25, -0.2) is 0 Å². The second-order valence-electron chi connectivity index (χ2n) is 13.4. The van der Waals surface area contributed by atoms with Gasteiger partial charge in [0.25, 0.3) is 0 Å². The van der Waals surface area contributed by atoms with Gasteiger partial charge in [0.15, 0.2) is 0 Å². The molecule has 222 valence electrons. The summed E-state index contributed by atoms with van der Waals surface area (Å²) in [5, 5.41) is 14.1. The minimum atomic E-state index is 0.102. The van der Waals surface area contributed by atoms with Gasteiger partial charge in [0.2, 0.25) is 0 Å². The Labute approximate surface area is 250 Å². The van der Waals surface area contributed by atoms with Crippen LogP contribution >= 0.6 is 9.24 Å². The van der Waals surface area contributed by atoms with E-state index in [4.69, 9.17) is 19.7 Å². The SMILES string of the molecule is Cc1cc2[nH]ncc2c(-c2ncc3c(NCC4(N(C)C)CCC4)nc(OC[C@@]45CCCN4C[C@H](C)C5)nc3c2P)c1C. The van der Waals surface area contributed by atoms with Gasteiger partial charge in [0.1, 0.15) is 12.4 Å². The Hall–Kier alpha value is -2.87. The highest BCUT2D eigenvalue weighted by molar-refractivity contribution is 7.28. The summed E-state index contributed by atoms with van der Waals surface area (Å²) in [4.78, 5) is 20.1. The standard InChI is InChI=1S/C32H43N8OP/c1-19-13-32(10-7-11-40(32)16-19)18-41-30-36-26-23(29(37-30)34-17-31(39(4)5)8-6-9-31)14-33-27(28(26)42)25-21(3)20(2)12-24-22(25)15-35-38-24/h12,14-15,19H,6-11,13,16-18,42H2,1-5H3,(H,35,38)(H,34,36,37)/t19-,32+/m1/s1. The van der Waals surface area contributed by atoms with Crippen LogP contribution in [0.15, 0.2) is 18.5 Å². The first-order valence-corrected chi connectivity index (χ1v) is 16.0. The van der Waals surface area contributed by atoms with Gasteiger partial charge in [0.05, 0.1) is 33.8 Å². The third-order valence-electron chi connectivity index (χ3n) is 10.5. The number of aromatic nitrogens is 5. The van der Waals surface area contributed by atoms with Crippen molar-refractivity contribution in [1.29, 1.82) is 0 Å². The lowest BCUT2D eigenvalue weighted by Crippen LogP contribution is -2.54. The Balaban J connectivity index is 1.31. The van der Waals surface area contributed by atoms with Crippen molar-refractivity contribution < 1.29 is 4.74 Å². The van der Waals surface area contributed by atoms with Gasteiger partial charge in [-0.1, -0.05) is 6.92 Å². The maximum atomic E-state index is 6.55. The van der Waals surface area contributed by atoms with Gasteiger partial charge in [-0.2, -0.15) is 15.1 Å². The van der Waals surface area contributed by atoms with Crippen LogP contribution in [0.5, 0.6) is 6.01 Å². The molecule has 3 fully saturated rings. The van der Waals surface area contributed by atoms with E-state index < -0.39 is 0 Å². The number of aryl methyl sites for hydroxylation is 1. The Morgan fingerprint density at radius 1 is 1.14 bits per heavy atom. The third-order valence-corrected chi connectivity index (χ3v) is 11.1. The molecule has 0 bridgehead atoms. The minimum absolute atomic E-state index is 0.102. The number of pyridine rings is 1. The van der Waals surface area contributed by atoms with Crippen molar-refractivity contribution in [2.45, 2.75) is 70.4 Å². The van der Waals surface area contributed by atoms with E-state index in [9.17, 15) is 0 Å². The molecule has 10 heteroatoms. The van der Waals surface area contributed by atoms with Crippen LogP contribution in [-0.2, 0) is 0 Å². The lowest BCUT2D eigenvalue weighted by Gasteiger charge is -2.47. The highest BCUT2D eigenvalue weighted by atomic mass is 31.0. The second-order valence-corrected chi connectivity index (χ2v) is 13.9. The molecule has 0 radical (unpaired) electrons. The predicted octanol–water partition coefficient (Wildman–Crippen LogP) is 4.83. The normalized spacial score (nSPS) is 23.5. The van der Waals surface area contributed by atoms with Gasteiger partial charge < -0.3 is 15.0 Å². The van der Waals surface area contributed by atoms with Crippen molar-refractivity contribution in [3.05, 3.63) is 29.6 Å². The first-order valence-electron chi connectivity index (χ1n) is 15.4. The Bertz CT molecular complexity index is 1660. The van der Waals surface area contributed by atoms with E-state index in [2.05, 4.69) is 75.5 Å². The maximum Gasteiger partial charge on any atom is 0.319 e. The summed E-state index contributed by atoms with van der Waals surface area (Å²) in [6.07, 6.45) is 11.0. The van der Waals surface area contributed by atoms with Gasteiger partial charge in [-0.05, 0) is 96.1 Å². The fourth-order valence-corrected chi connectivity index (χ4v) is 8.20. The molecule has 42 heavy (non-hydrogen) atoms. The lowest BCUT2D eigenvalue weighted by atomic mass is 9.75. The van der Waals surface area contributed by atoms with Gasteiger partial charge in [-0.3, -0.25) is 15.0 Å². The summed E-state index contributed by atoms with van der Waals surface area (Å²) in [7, 11) is 7.29. The molecule has 3 atom stereocenters. The van der Waals surface area contributed by atoms with E-state index in [-0.39, 0.29) is 11.1 Å². The van der Waals surface area contributed by atoms with Gasteiger partial charge in [0, 0.05) is 41.1 Å². The molecule has 1 saturated carbocycles. The quantitative estimate of drug-likeness (QED) is 0.284. The molecular weight excluding hydrogens is 543 g/mol. The van der Waals surface area contributed by atoms with Crippen molar-refractivity contribution >= 4 is 42.2 Å². The van der Waals surface area contributed by atoms with Crippen LogP contribution in [0.2, 0.25) is 0 Å². The molecule has 9 nitrogen and oxygen atoms in total. The topological polar surface area (TPSA) is 95.1 Å². The van der Waals surface area contributed by atoms with Crippen LogP contribution < -0.4 is 15.4 Å². The van der Waals surface area contributed by atoms with Crippen molar-refractivity contribution in [2.75, 3.05) is 45.7 Å². The van der Waals surface area contributed by atoms with Crippen molar-refractivity contribution in [2.24, 2.45) is 5.92 Å². The van der Waals surface area contributed by atoms with Crippen molar-refractivity contribution in [3.63, 3.8) is 0 Å². The van der Waals surface area contributed by atoms with Crippen LogP contribution in [0.4, 0.5) is 5.82 Å². The number of nitrogens with zero attached hydrogens (tertiary/aromatic N) is 6. The molecule has 2 aliphatic heterocycles. The van der Waals surface area contributed by atoms with Crippen LogP contribution in [-0.4, -0.2) is 86.4 Å². The highest BCUT2D eigenvalue weighted by Crippen LogP contribution is 2.42. The average Bonchev–Trinajstić information content (AvgIpc) is 3.62. The summed E-state index contributed by atoms with van der Waals surface area (Å²) in [5.41, 5.74) is 6.47. The zero-order valence-electron chi connectivity index (χ0n) is 25.5. The zero-order valence-corrected chi connectivity index (χ0v) is 26.7. The van der Waals surface area contributed by atoms with Crippen LogP contribution in [0.25, 0.3) is 33.1 Å². The molecule has 1 unspecified atom stereocenters. The van der Waals surface area contributed by atoms with Crippen molar-refractivity contribution in [3.8, 4) is 17.3 Å². The third kappa shape index (κ3) is 4.47. The molecule has 2 N–H and O–H groups in total. The molecule has 3 aromatic heterocycles. The molecule has 3 aliphatic rings. The fourth-order valence-electron chi connectivity index (χ4n) is 7.76. The maximum absolute atomic E-state index is 6.55. The van der Waals surface area contributed by atoms with Crippen LogP contribution in [0.3, 0.4) is 0 Å². The molecule has 0 amide bonds. The lowest BCUT2D eigenvalue weighted by molar-refractivity contribution is 0.0738. The number of likely N-dealkylation sites (N-methyl/N-ethyl adjacent to an activating group) is 1. The number of ether oxygens (including phenoxy) is 1. The summed E-state index contributed by atoms with van der Waals surface area (Å²) in [5.74, 6) is 1.49. The van der Waals surface area contributed by atoms with Crippen LogP contribution in [0, 0.1) is 19.8 Å². The molecule has 5 heterocycles. The van der Waals surface area contributed by atoms with Crippen molar-refractivity contribution in [1.82, 2.24) is 34.9 Å². The van der Waals surface area contributed by atoms with E-state index in [0.29, 0.717) is 18.5 Å². The van der Waals surface area contributed by atoms with E-state index in [1.807, 2.05) is 12.4 Å².